The van der Waals surface area contributed by atoms with Gasteiger partial charge in [0.15, 0.2) is 0 Å². The highest BCUT2D eigenvalue weighted by molar-refractivity contribution is 5.96. The number of hydrogen-bond donors (Lipinski definition) is 1. The zero-order valence-corrected chi connectivity index (χ0v) is 13.1. The molecule has 1 fully saturated rings. The number of aromatic nitrogens is 1. The third-order valence-corrected chi connectivity index (χ3v) is 4.12. The third kappa shape index (κ3) is 2.84. The Bertz CT molecular complexity index is 652. The van der Waals surface area contributed by atoms with E-state index in [1.807, 2.05) is 24.3 Å². The SMILES string of the molecule is COc1ccc(C(NC(=O)c2c(C)noc2C)C2CC2)cc1. The number of nitrogens with one attached hydrogen (secondary N) is 1. The lowest BCUT2D eigenvalue weighted by Gasteiger charge is -2.19. The lowest BCUT2D eigenvalue weighted by Crippen LogP contribution is -2.30. The summed E-state index contributed by atoms with van der Waals surface area (Å²) >= 11 is 0. The number of nitrogens with zero attached hydrogens (tertiary/aromatic N) is 1. The van der Waals surface area contributed by atoms with Gasteiger partial charge in [-0.05, 0) is 50.3 Å². The molecule has 1 atom stereocenters. The number of methoxy groups -OCH3 is 1. The van der Waals surface area contributed by atoms with Gasteiger partial charge in [0.05, 0.1) is 18.8 Å². The van der Waals surface area contributed by atoms with Gasteiger partial charge in [-0.2, -0.15) is 0 Å². The normalized spacial score (nSPS) is 15.4. The van der Waals surface area contributed by atoms with Crippen molar-refractivity contribution < 1.29 is 14.1 Å². The summed E-state index contributed by atoms with van der Waals surface area (Å²) in [4.78, 5) is 12.6. The zero-order valence-electron chi connectivity index (χ0n) is 13.1. The minimum Gasteiger partial charge on any atom is -0.497 e. The van der Waals surface area contributed by atoms with Gasteiger partial charge in [-0.25, -0.2) is 0 Å². The van der Waals surface area contributed by atoms with Crippen molar-refractivity contribution in [3.05, 3.63) is 46.8 Å². The van der Waals surface area contributed by atoms with Crippen molar-refractivity contribution in [1.29, 1.82) is 0 Å². The second-order valence-electron chi connectivity index (χ2n) is 5.76. The summed E-state index contributed by atoms with van der Waals surface area (Å²) in [5.41, 5.74) is 2.27. The van der Waals surface area contributed by atoms with Gasteiger partial charge in [-0.3, -0.25) is 4.79 Å². The molecular formula is C17H20N2O3. The molecule has 1 aromatic carbocycles. The van der Waals surface area contributed by atoms with Crippen molar-refractivity contribution in [2.24, 2.45) is 5.92 Å². The molecule has 1 heterocycles. The van der Waals surface area contributed by atoms with Gasteiger partial charge in [-0.1, -0.05) is 17.3 Å². The van der Waals surface area contributed by atoms with Crippen LogP contribution < -0.4 is 10.1 Å². The van der Waals surface area contributed by atoms with E-state index in [1.54, 1.807) is 21.0 Å². The summed E-state index contributed by atoms with van der Waals surface area (Å²) in [6, 6.07) is 7.89. The average Bonchev–Trinajstić information content (AvgIpc) is 3.30. The Hall–Kier alpha value is -2.30. The standard InChI is InChI=1S/C17H20N2O3/c1-10-15(11(2)22-19-10)17(20)18-16(12-4-5-12)13-6-8-14(21-3)9-7-13/h6-9,12,16H,4-5H2,1-3H3,(H,18,20). The molecule has 0 aliphatic heterocycles. The fraction of sp³-hybridized carbons (Fsp3) is 0.412. The molecule has 3 rings (SSSR count). The molecule has 1 N–H and O–H groups in total. The smallest absolute Gasteiger partial charge is 0.257 e. The molecule has 5 heteroatoms. The first-order chi connectivity index (χ1) is 10.6. The largest absolute Gasteiger partial charge is 0.497 e. The van der Waals surface area contributed by atoms with E-state index in [1.165, 1.54) is 0 Å². The van der Waals surface area contributed by atoms with Crippen molar-refractivity contribution in [3.63, 3.8) is 0 Å². The van der Waals surface area contributed by atoms with Crippen LogP contribution in [0, 0.1) is 19.8 Å². The van der Waals surface area contributed by atoms with Gasteiger partial charge in [0.1, 0.15) is 17.1 Å². The van der Waals surface area contributed by atoms with Crippen LogP contribution in [0.4, 0.5) is 0 Å². The van der Waals surface area contributed by atoms with Gasteiger partial charge < -0.3 is 14.6 Å². The highest BCUT2D eigenvalue weighted by Crippen LogP contribution is 2.41. The predicted molar refractivity (Wildman–Crippen MR) is 81.9 cm³/mol. The summed E-state index contributed by atoms with van der Waals surface area (Å²) in [5, 5.41) is 6.99. The Labute approximate surface area is 129 Å². The molecule has 1 aliphatic rings. The maximum absolute atomic E-state index is 12.6. The molecule has 1 amide bonds. The van der Waals surface area contributed by atoms with Crippen molar-refractivity contribution in [2.45, 2.75) is 32.7 Å². The van der Waals surface area contributed by atoms with Crippen LogP contribution in [-0.2, 0) is 0 Å². The van der Waals surface area contributed by atoms with E-state index in [0.29, 0.717) is 22.9 Å². The first kappa shape index (κ1) is 14.6. The second kappa shape index (κ2) is 5.83. The molecule has 0 bridgehead atoms. The van der Waals surface area contributed by atoms with Gasteiger partial charge in [-0.15, -0.1) is 0 Å². The molecule has 0 radical (unpaired) electrons. The number of carbonyl (C=O) groups is 1. The average molecular weight is 300 g/mol. The van der Waals surface area contributed by atoms with Crippen LogP contribution in [0.2, 0.25) is 0 Å². The maximum atomic E-state index is 12.6. The van der Waals surface area contributed by atoms with Gasteiger partial charge >= 0.3 is 0 Å². The van der Waals surface area contributed by atoms with E-state index < -0.39 is 0 Å². The summed E-state index contributed by atoms with van der Waals surface area (Å²) in [6.07, 6.45) is 2.27. The first-order valence-corrected chi connectivity index (χ1v) is 7.48. The molecule has 22 heavy (non-hydrogen) atoms. The molecule has 0 saturated heterocycles. The monoisotopic (exact) mass is 300 g/mol. The van der Waals surface area contributed by atoms with Crippen LogP contribution in [0.25, 0.3) is 0 Å². The molecule has 116 valence electrons. The number of amides is 1. The van der Waals surface area contributed by atoms with Crippen LogP contribution in [0.5, 0.6) is 5.75 Å². The minimum absolute atomic E-state index is 0.0205. The van der Waals surface area contributed by atoms with E-state index in [4.69, 9.17) is 9.26 Å². The summed E-state index contributed by atoms with van der Waals surface area (Å²) < 4.78 is 10.3. The second-order valence-corrected chi connectivity index (χ2v) is 5.76. The number of rotatable bonds is 5. The number of carbonyl (C=O) groups excluding carboxylic acids is 1. The lowest BCUT2D eigenvalue weighted by molar-refractivity contribution is 0.0929. The zero-order chi connectivity index (χ0) is 15.7. The van der Waals surface area contributed by atoms with Crippen molar-refractivity contribution in [2.75, 3.05) is 7.11 Å². The fourth-order valence-corrected chi connectivity index (χ4v) is 2.73. The molecule has 1 aliphatic carbocycles. The predicted octanol–water partition coefficient (Wildman–Crippen LogP) is 3.18. The Morgan fingerprint density at radius 2 is 2.00 bits per heavy atom. The highest BCUT2D eigenvalue weighted by Gasteiger charge is 2.34. The first-order valence-electron chi connectivity index (χ1n) is 7.48. The number of aryl methyl sites for hydroxylation is 2. The number of hydrogen-bond acceptors (Lipinski definition) is 4. The Morgan fingerprint density at radius 3 is 2.50 bits per heavy atom. The van der Waals surface area contributed by atoms with Crippen LogP contribution in [0.15, 0.2) is 28.8 Å². The lowest BCUT2D eigenvalue weighted by atomic mass is 10.0. The Balaban J connectivity index is 1.81. The molecular weight excluding hydrogens is 280 g/mol. The van der Waals surface area contributed by atoms with Gasteiger partial charge in [0, 0.05) is 0 Å². The van der Waals surface area contributed by atoms with Crippen LogP contribution in [-0.4, -0.2) is 18.2 Å². The third-order valence-electron chi connectivity index (χ3n) is 4.12. The number of ether oxygens (including phenoxy) is 1. The van der Waals surface area contributed by atoms with Gasteiger partial charge in [0.2, 0.25) is 0 Å². The topological polar surface area (TPSA) is 64.4 Å². The van der Waals surface area contributed by atoms with Crippen LogP contribution in [0.3, 0.4) is 0 Å². The number of benzene rings is 1. The Kier molecular flexibility index (Phi) is 3.88. The summed E-state index contributed by atoms with van der Waals surface area (Å²) in [5.74, 6) is 1.75. The van der Waals surface area contributed by atoms with Crippen molar-refractivity contribution >= 4 is 5.91 Å². The highest BCUT2D eigenvalue weighted by atomic mass is 16.5. The van der Waals surface area contributed by atoms with Crippen molar-refractivity contribution in [3.8, 4) is 5.75 Å². The Morgan fingerprint density at radius 1 is 1.32 bits per heavy atom. The summed E-state index contributed by atoms with van der Waals surface area (Å²) in [6.45, 7) is 3.54. The minimum atomic E-state index is -0.121. The van der Waals surface area contributed by atoms with Crippen LogP contribution in [0.1, 0.15) is 46.3 Å². The molecule has 1 aromatic heterocycles. The maximum Gasteiger partial charge on any atom is 0.257 e. The molecule has 0 spiro atoms. The van der Waals surface area contributed by atoms with E-state index in [0.717, 1.165) is 24.2 Å². The molecule has 1 saturated carbocycles. The fourth-order valence-electron chi connectivity index (χ4n) is 2.73. The molecule has 2 aromatic rings. The van der Waals surface area contributed by atoms with E-state index in [-0.39, 0.29) is 11.9 Å². The van der Waals surface area contributed by atoms with Gasteiger partial charge in [0.25, 0.3) is 5.91 Å². The molecule has 1 unspecified atom stereocenters. The molecule has 5 nitrogen and oxygen atoms in total. The van der Waals surface area contributed by atoms with E-state index in [2.05, 4.69) is 10.5 Å². The van der Waals surface area contributed by atoms with E-state index in [9.17, 15) is 4.79 Å². The quantitative estimate of drug-likeness (QED) is 0.921. The van der Waals surface area contributed by atoms with Crippen molar-refractivity contribution in [1.82, 2.24) is 10.5 Å². The summed E-state index contributed by atoms with van der Waals surface area (Å²) in [7, 11) is 1.65. The van der Waals surface area contributed by atoms with Crippen LogP contribution >= 0.6 is 0 Å². The van der Waals surface area contributed by atoms with E-state index >= 15 is 0 Å².